The van der Waals surface area contributed by atoms with Gasteiger partial charge in [-0.1, -0.05) is 6.07 Å². The summed E-state index contributed by atoms with van der Waals surface area (Å²) in [6, 6.07) is 8.37. The predicted molar refractivity (Wildman–Crippen MR) is 66.2 cm³/mol. The van der Waals surface area contributed by atoms with Crippen LogP contribution in [0.4, 0.5) is 8.78 Å². The van der Waals surface area contributed by atoms with Crippen LogP contribution in [0.1, 0.15) is 5.56 Å². The van der Waals surface area contributed by atoms with Crippen LogP contribution in [-0.4, -0.2) is 7.11 Å². The van der Waals surface area contributed by atoms with E-state index < -0.39 is 11.6 Å². The van der Waals surface area contributed by atoms with Crippen molar-refractivity contribution < 1.29 is 13.5 Å². The Morgan fingerprint density at radius 3 is 2.22 bits per heavy atom. The van der Waals surface area contributed by atoms with Gasteiger partial charge in [0.25, 0.3) is 0 Å². The summed E-state index contributed by atoms with van der Waals surface area (Å²) in [5.41, 5.74) is 7.39. The van der Waals surface area contributed by atoms with Crippen LogP contribution in [0.25, 0.3) is 11.1 Å². The van der Waals surface area contributed by atoms with Crippen LogP contribution in [0.3, 0.4) is 0 Å². The van der Waals surface area contributed by atoms with Crippen LogP contribution in [0.15, 0.2) is 36.4 Å². The van der Waals surface area contributed by atoms with Gasteiger partial charge in [0.2, 0.25) is 0 Å². The molecule has 0 aliphatic carbocycles. The summed E-state index contributed by atoms with van der Waals surface area (Å²) >= 11 is 0. The molecule has 0 unspecified atom stereocenters. The minimum absolute atomic E-state index is 0.245. The Bertz CT molecular complexity index is 518. The van der Waals surface area contributed by atoms with Gasteiger partial charge < -0.3 is 10.5 Å². The maximum atomic E-state index is 13.3. The predicted octanol–water partition coefficient (Wildman–Crippen LogP) is 3.10. The fourth-order valence-electron chi connectivity index (χ4n) is 1.87. The second-order valence-electron chi connectivity index (χ2n) is 3.85. The molecule has 4 heteroatoms. The summed E-state index contributed by atoms with van der Waals surface area (Å²) in [4.78, 5) is 0. The molecule has 0 heterocycles. The number of hydrogen-bond donors (Lipinski definition) is 1. The first kappa shape index (κ1) is 12.5. The molecule has 0 radical (unpaired) electrons. The van der Waals surface area contributed by atoms with Crippen molar-refractivity contribution in [1.29, 1.82) is 0 Å². The number of nitrogens with two attached hydrogens (primary N) is 1. The van der Waals surface area contributed by atoms with E-state index in [1.807, 2.05) is 0 Å². The zero-order valence-electron chi connectivity index (χ0n) is 9.91. The van der Waals surface area contributed by atoms with Crippen LogP contribution in [0.5, 0.6) is 5.75 Å². The molecule has 0 atom stereocenters. The lowest BCUT2D eigenvalue weighted by atomic mass is 9.98. The first-order valence-electron chi connectivity index (χ1n) is 5.48. The molecule has 0 aromatic heterocycles. The average molecular weight is 249 g/mol. The Hall–Kier alpha value is -1.94. The molecule has 0 bridgehead atoms. The van der Waals surface area contributed by atoms with Gasteiger partial charge in [-0.2, -0.15) is 0 Å². The van der Waals surface area contributed by atoms with Crippen molar-refractivity contribution in [2.24, 2.45) is 5.73 Å². The lowest BCUT2D eigenvalue weighted by Crippen LogP contribution is -2.00. The minimum Gasteiger partial charge on any atom is -0.496 e. The van der Waals surface area contributed by atoms with E-state index in [-0.39, 0.29) is 6.54 Å². The topological polar surface area (TPSA) is 35.2 Å². The van der Waals surface area contributed by atoms with E-state index >= 15 is 0 Å². The van der Waals surface area contributed by atoms with Gasteiger partial charge in [0.05, 0.1) is 7.11 Å². The van der Waals surface area contributed by atoms with Gasteiger partial charge in [0, 0.05) is 12.1 Å². The molecule has 0 amide bonds. The van der Waals surface area contributed by atoms with Crippen molar-refractivity contribution in [1.82, 2.24) is 0 Å². The summed E-state index contributed by atoms with van der Waals surface area (Å²) in [5.74, 6) is -0.316. The first-order valence-corrected chi connectivity index (χ1v) is 5.48. The van der Waals surface area contributed by atoms with Crippen LogP contribution < -0.4 is 10.5 Å². The van der Waals surface area contributed by atoms with Crippen molar-refractivity contribution in [3.05, 3.63) is 53.6 Å². The third-order valence-electron chi connectivity index (χ3n) is 2.74. The highest BCUT2D eigenvalue weighted by molar-refractivity contribution is 5.73. The van der Waals surface area contributed by atoms with Gasteiger partial charge in [-0.05, 0) is 41.5 Å². The van der Waals surface area contributed by atoms with E-state index in [9.17, 15) is 8.78 Å². The molecular formula is C14H13F2NO. The zero-order chi connectivity index (χ0) is 13.1. The molecule has 18 heavy (non-hydrogen) atoms. The van der Waals surface area contributed by atoms with Crippen LogP contribution in [-0.2, 0) is 6.54 Å². The molecule has 0 saturated carbocycles. The quantitative estimate of drug-likeness (QED) is 0.907. The van der Waals surface area contributed by atoms with Crippen molar-refractivity contribution >= 4 is 0 Å². The standard InChI is InChI=1S/C14H13F2NO/c1-18-14-5-4-11(16)7-13(14)12-6-10(15)3-2-9(12)8-17/h2-7H,8,17H2,1H3. The number of hydrogen-bond acceptors (Lipinski definition) is 2. The fraction of sp³-hybridized carbons (Fsp3) is 0.143. The normalized spacial score (nSPS) is 10.4. The molecule has 2 N–H and O–H groups in total. The molecule has 2 rings (SSSR count). The molecule has 2 aromatic rings. The van der Waals surface area contributed by atoms with Crippen molar-refractivity contribution in [2.45, 2.75) is 6.54 Å². The van der Waals surface area contributed by atoms with Gasteiger partial charge in [-0.25, -0.2) is 8.78 Å². The van der Waals surface area contributed by atoms with Gasteiger partial charge in [0.15, 0.2) is 0 Å². The molecule has 0 saturated heterocycles. The largest absolute Gasteiger partial charge is 0.496 e. The van der Waals surface area contributed by atoms with Crippen LogP contribution in [0.2, 0.25) is 0 Å². The zero-order valence-corrected chi connectivity index (χ0v) is 9.91. The lowest BCUT2D eigenvalue weighted by molar-refractivity contribution is 0.415. The monoisotopic (exact) mass is 249 g/mol. The van der Waals surface area contributed by atoms with Gasteiger partial charge in [-0.3, -0.25) is 0 Å². The van der Waals surface area contributed by atoms with Gasteiger partial charge >= 0.3 is 0 Å². The van der Waals surface area contributed by atoms with E-state index in [1.165, 1.54) is 37.4 Å². The Morgan fingerprint density at radius 2 is 1.61 bits per heavy atom. The van der Waals surface area contributed by atoms with E-state index in [2.05, 4.69) is 0 Å². The number of benzene rings is 2. The summed E-state index contributed by atoms with van der Waals surface area (Å²) in [7, 11) is 1.48. The molecule has 0 aliphatic rings. The molecule has 94 valence electrons. The van der Waals surface area contributed by atoms with E-state index in [4.69, 9.17) is 10.5 Å². The van der Waals surface area contributed by atoms with Crippen molar-refractivity contribution in [3.8, 4) is 16.9 Å². The highest BCUT2D eigenvalue weighted by Crippen LogP contribution is 2.33. The molecule has 2 aromatic carbocycles. The van der Waals surface area contributed by atoms with Crippen molar-refractivity contribution in [2.75, 3.05) is 7.11 Å². The third-order valence-corrected chi connectivity index (χ3v) is 2.74. The Balaban J connectivity index is 2.67. The average Bonchev–Trinajstić information content (AvgIpc) is 2.38. The minimum atomic E-state index is -0.405. The molecule has 0 aliphatic heterocycles. The van der Waals surface area contributed by atoms with E-state index in [0.717, 1.165) is 5.56 Å². The van der Waals surface area contributed by atoms with Crippen molar-refractivity contribution in [3.63, 3.8) is 0 Å². The number of halogens is 2. The maximum absolute atomic E-state index is 13.3. The number of rotatable bonds is 3. The molecule has 2 nitrogen and oxygen atoms in total. The maximum Gasteiger partial charge on any atom is 0.126 e. The molecule has 0 spiro atoms. The number of methoxy groups -OCH3 is 1. The van der Waals surface area contributed by atoms with Gasteiger partial charge in [0.1, 0.15) is 17.4 Å². The highest BCUT2D eigenvalue weighted by atomic mass is 19.1. The fourth-order valence-corrected chi connectivity index (χ4v) is 1.87. The second kappa shape index (κ2) is 5.14. The lowest BCUT2D eigenvalue weighted by Gasteiger charge is -2.12. The summed E-state index contributed by atoms with van der Waals surface area (Å²) < 4.78 is 31.8. The highest BCUT2D eigenvalue weighted by Gasteiger charge is 2.12. The van der Waals surface area contributed by atoms with Crippen LogP contribution >= 0.6 is 0 Å². The summed E-state index contributed by atoms with van der Waals surface area (Å²) in [5, 5.41) is 0. The first-order chi connectivity index (χ1) is 8.65. The van der Waals surface area contributed by atoms with E-state index in [0.29, 0.717) is 16.9 Å². The van der Waals surface area contributed by atoms with Crippen LogP contribution in [0, 0.1) is 11.6 Å². The second-order valence-corrected chi connectivity index (χ2v) is 3.85. The number of ether oxygens (including phenoxy) is 1. The SMILES string of the molecule is COc1ccc(F)cc1-c1cc(F)ccc1CN. The molecule has 0 fully saturated rings. The third kappa shape index (κ3) is 2.33. The Morgan fingerprint density at radius 1 is 1.00 bits per heavy atom. The summed E-state index contributed by atoms with van der Waals surface area (Å²) in [6.45, 7) is 0.245. The smallest absolute Gasteiger partial charge is 0.126 e. The van der Waals surface area contributed by atoms with Gasteiger partial charge in [-0.15, -0.1) is 0 Å². The Kier molecular flexibility index (Phi) is 3.58. The Labute approximate surface area is 104 Å². The van der Waals surface area contributed by atoms with E-state index in [1.54, 1.807) is 6.07 Å². The summed E-state index contributed by atoms with van der Waals surface area (Å²) in [6.07, 6.45) is 0. The molecular weight excluding hydrogens is 236 g/mol.